The van der Waals surface area contributed by atoms with E-state index in [1.54, 1.807) is 25.3 Å². The topological polar surface area (TPSA) is 143 Å². The third-order valence-corrected chi connectivity index (χ3v) is 9.16. The molecule has 1 aromatic heterocycles. The summed E-state index contributed by atoms with van der Waals surface area (Å²) < 4.78 is 34.9. The summed E-state index contributed by atoms with van der Waals surface area (Å²) in [5.41, 5.74) is -0.107. The number of carbonyl (C=O) groups excluding carboxylic acids is 3. The molecule has 11 nitrogen and oxygen atoms in total. The van der Waals surface area contributed by atoms with Crippen LogP contribution in [0.2, 0.25) is 0 Å². The number of nitrogens with one attached hydrogen (secondary N) is 1. The highest BCUT2D eigenvalue weighted by Gasteiger charge is 2.71. The van der Waals surface area contributed by atoms with Gasteiger partial charge in [-0.05, 0) is 24.6 Å². The molecule has 11 heteroatoms. The lowest BCUT2D eigenvalue weighted by atomic mass is 9.56. The van der Waals surface area contributed by atoms with Crippen LogP contribution in [0.3, 0.4) is 0 Å². The zero-order valence-electron chi connectivity index (χ0n) is 24.0. The van der Waals surface area contributed by atoms with Gasteiger partial charge >= 0.3 is 11.9 Å². The first-order valence-electron chi connectivity index (χ1n) is 14.0. The molecule has 224 valence electrons. The van der Waals surface area contributed by atoms with Gasteiger partial charge in [-0.3, -0.25) is 9.59 Å². The lowest BCUT2D eigenvalue weighted by molar-refractivity contribution is -0.169. The third-order valence-electron chi connectivity index (χ3n) is 9.16. The molecule has 2 aliphatic heterocycles. The van der Waals surface area contributed by atoms with Crippen LogP contribution in [-0.2, 0) is 38.0 Å². The van der Waals surface area contributed by atoms with Crippen LogP contribution in [0.4, 0.5) is 0 Å². The predicted molar refractivity (Wildman–Crippen MR) is 144 cm³/mol. The number of ether oxygens (including phenoxy) is 6. The summed E-state index contributed by atoms with van der Waals surface area (Å²) in [7, 11) is 4.44. The SMILES string of the molecule is COCC(=O)[C@H]1OC(=O)[C@H](COC)[C@H]2C=C[C@H]3[C@H]4O[C@]2(/C(C)=C/[C@H]1C)[C@@H]3[C@H](O)[C@@H](COC)[C@H]4OC(=O)c1ccc[nH]1. The molecule has 2 aliphatic carbocycles. The van der Waals surface area contributed by atoms with Crippen molar-refractivity contribution in [2.45, 2.75) is 43.9 Å². The second-order valence-corrected chi connectivity index (χ2v) is 11.5. The number of Topliss-reactive ketones (excluding diaryl/α,β-unsaturated/α-hetero) is 1. The number of hydrogen-bond donors (Lipinski definition) is 2. The fraction of sp³-hybridized carbons (Fsp3) is 0.633. The molecule has 41 heavy (non-hydrogen) atoms. The van der Waals surface area contributed by atoms with Crippen molar-refractivity contribution in [2.75, 3.05) is 41.2 Å². The van der Waals surface area contributed by atoms with Gasteiger partial charge < -0.3 is 38.5 Å². The first-order chi connectivity index (χ1) is 19.7. The molecule has 4 bridgehead atoms. The van der Waals surface area contributed by atoms with Crippen LogP contribution in [0, 0.1) is 35.5 Å². The third kappa shape index (κ3) is 4.87. The number of esters is 2. The Kier molecular flexibility index (Phi) is 8.54. The molecule has 0 amide bonds. The van der Waals surface area contributed by atoms with Crippen LogP contribution in [-0.4, -0.2) is 99.0 Å². The summed E-state index contributed by atoms with van der Waals surface area (Å²) in [6.07, 6.45) is 3.89. The van der Waals surface area contributed by atoms with E-state index in [9.17, 15) is 19.5 Å². The van der Waals surface area contributed by atoms with Gasteiger partial charge in [0.25, 0.3) is 0 Å². The maximum Gasteiger partial charge on any atom is 0.355 e. The van der Waals surface area contributed by atoms with Crippen molar-refractivity contribution >= 4 is 17.7 Å². The van der Waals surface area contributed by atoms with Crippen LogP contribution in [0.15, 0.2) is 42.1 Å². The standard InChI is InChI=1S/C30H39NO10/c1-15-11-16(2)30-20(18(12-36-3)28(34)39-25(15)22(32)14-38-5)9-8-17-23(30)24(33)19(13-37-4)26(27(17)41-30)40-29(35)21-7-6-10-31-21/h6-11,15,17-20,23-27,31,33H,12-14H2,1-5H3/b16-11+/t15-,17-,18-,19-,20-,23+,24-,25+,26-,27-,30+/m1/s1. The Balaban J connectivity index is 1.62. The maximum absolute atomic E-state index is 13.7. The normalized spacial score (nSPS) is 40.8. The fourth-order valence-corrected chi connectivity index (χ4v) is 7.51. The second-order valence-electron chi connectivity index (χ2n) is 11.5. The Bertz CT molecular complexity index is 1190. The lowest BCUT2D eigenvalue weighted by Crippen LogP contribution is -2.59. The molecule has 11 atom stereocenters. The van der Waals surface area contributed by atoms with Gasteiger partial charge in [0.15, 0.2) is 11.9 Å². The van der Waals surface area contributed by atoms with Crippen LogP contribution in [0.25, 0.3) is 0 Å². The minimum absolute atomic E-state index is 0.0106. The van der Waals surface area contributed by atoms with E-state index in [1.165, 1.54) is 21.3 Å². The van der Waals surface area contributed by atoms with Crippen molar-refractivity contribution in [3.05, 3.63) is 47.8 Å². The smallest absolute Gasteiger partial charge is 0.355 e. The predicted octanol–water partition coefficient (Wildman–Crippen LogP) is 1.72. The number of aliphatic hydroxyl groups excluding tert-OH is 1. The molecular weight excluding hydrogens is 534 g/mol. The van der Waals surface area contributed by atoms with E-state index in [0.717, 1.165) is 5.57 Å². The quantitative estimate of drug-likeness (QED) is 0.331. The van der Waals surface area contributed by atoms with Gasteiger partial charge in [-0.25, -0.2) is 4.79 Å². The number of aromatic nitrogens is 1. The molecule has 3 heterocycles. The summed E-state index contributed by atoms with van der Waals surface area (Å²) in [5.74, 6) is -4.81. The number of hydrogen-bond acceptors (Lipinski definition) is 10. The molecule has 0 unspecified atom stereocenters. The average Bonchev–Trinajstić information content (AvgIpc) is 3.54. The summed E-state index contributed by atoms with van der Waals surface area (Å²) in [6.45, 7) is 3.65. The van der Waals surface area contributed by atoms with Crippen LogP contribution >= 0.6 is 0 Å². The number of carbonyl (C=O) groups is 3. The van der Waals surface area contributed by atoms with E-state index < -0.39 is 71.5 Å². The molecule has 5 rings (SSSR count). The van der Waals surface area contributed by atoms with Gasteiger partial charge in [-0.2, -0.15) is 0 Å². The van der Waals surface area contributed by atoms with Crippen molar-refractivity contribution in [1.29, 1.82) is 0 Å². The highest BCUT2D eigenvalue weighted by molar-refractivity contribution is 5.88. The summed E-state index contributed by atoms with van der Waals surface area (Å²) >= 11 is 0. The fourth-order valence-electron chi connectivity index (χ4n) is 7.51. The summed E-state index contributed by atoms with van der Waals surface area (Å²) in [6, 6.07) is 3.32. The van der Waals surface area contributed by atoms with Crippen LogP contribution in [0.1, 0.15) is 24.3 Å². The number of aromatic amines is 1. The van der Waals surface area contributed by atoms with Crippen LogP contribution in [0.5, 0.6) is 0 Å². The van der Waals surface area contributed by atoms with Gasteiger partial charge in [0.05, 0.1) is 25.2 Å². The molecule has 2 fully saturated rings. The van der Waals surface area contributed by atoms with E-state index in [4.69, 9.17) is 28.4 Å². The van der Waals surface area contributed by atoms with Gasteiger partial charge in [0.2, 0.25) is 0 Å². The highest BCUT2D eigenvalue weighted by atomic mass is 16.6. The number of methoxy groups -OCH3 is 3. The molecule has 0 aromatic carbocycles. The Morgan fingerprint density at radius 2 is 1.88 bits per heavy atom. The van der Waals surface area contributed by atoms with E-state index in [0.29, 0.717) is 0 Å². The van der Waals surface area contributed by atoms with E-state index >= 15 is 0 Å². The maximum atomic E-state index is 13.7. The number of H-pyrrole nitrogens is 1. The molecule has 1 spiro atoms. The molecule has 1 saturated heterocycles. The Morgan fingerprint density at radius 3 is 2.54 bits per heavy atom. The van der Waals surface area contributed by atoms with Gasteiger partial charge in [0.1, 0.15) is 30.1 Å². The molecule has 0 radical (unpaired) electrons. The van der Waals surface area contributed by atoms with Gasteiger partial charge in [-0.15, -0.1) is 0 Å². The zero-order chi connectivity index (χ0) is 29.5. The summed E-state index contributed by atoms with van der Waals surface area (Å²) in [4.78, 5) is 42.6. The van der Waals surface area contributed by atoms with Crippen molar-refractivity contribution < 1.29 is 47.9 Å². The Morgan fingerprint density at radius 1 is 1.12 bits per heavy atom. The van der Waals surface area contributed by atoms with Crippen molar-refractivity contribution in [1.82, 2.24) is 4.98 Å². The van der Waals surface area contributed by atoms with Crippen LogP contribution < -0.4 is 0 Å². The molecule has 1 saturated carbocycles. The number of rotatable bonds is 9. The van der Waals surface area contributed by atoms with Crippen molar-refractivity contribution in [3.63, 3.8) is 0 Å². The molecule has 1 aromatic rings. The van der Waals surface area contributed by atoms with Crippen molar-refractivity contribution in [3.8, 4) is 0 Å². The number of cyclic esters (lactones) is 1. The minimum atomic E-state index is -1.15. The van der Waals surface area contributed by atoms with Gasteiger partial charge in [-0.1, -0.05) is 25.2 Å². The number of ketones is 1. The molecule has 2 N–H and O–H groups in total. The highest BCUT2D eigenvalue weighted by Crippen LogP contribution is 2.61. The molecular formula is C30H39NO10. The van der Waals surface area contributed by atoms with Gasteiger partial charge in [0, 0.05) is 57.1 Å². The average molecular weight is 574 g/mol. The largest absolute Gasteiger partial charge is 0.454 e. The van der Waals surface area contributed by atoms with E-state index in [1.807, 2.05) is 25.2 Å². The number of aliphatic hydroxyl groups is 1. The van der Waals surface area contributed by atoms with E-state index in [-0.39, 0.29) is 37.2 Å². The lowest BCUT2D eigenvalue weighted by Gasteiger charge is -2.49. The van der Waals surface area contributed by atoms with Crippen molar-refractivity contribution in [2.24, 2.45) is 35.5 Å². The zero-order valence-corrected chi connectivity index (χ0v) is 24.0. The molecule has 4 aliphatic rings. The summed E-state index contributed by atoms with van der Waals surface area (Å²) in [5, 5.41) is 12.0. The Labute approximate surface area is 239 Å². The monoisotopic (exact) mass is 573 g/mol. The first kappa shape index (κ1) is 29.7. The second kappa shape index (κ2) is 11.8. The van der Waals surface area contributed by atoms with E-state index in [2.05, 4.69) is 4.98 Å². The Hall–Kier alpha value is -2.83. The first-order valence-corrected chi connectivity index (χ1v) is 14.0. The minimum Gasteiger partial charge on any atom is -0.454 e.